The quantitative estimate of drug-likeness (QED) is 0.374. The van der Waals surface area contributed by atoms with Gasteiger partial charge in [0, 0.05) is 35.6 Å². The number of fused-ring (bicyclic) bond motifs is 1. The van der Waals surface area contributed by atoms with Crippen molar-refractivity contribution in [3.8, 4) is 33.0 Å². The van der Waals surface area contributed by atoms with E-state index in [0.29, 0.717) is 17.4 Å². The number of rotatable bonds is 7. The second-order valence-corrected chi connectivity index (χ2v) is 9.66. The van der Waals surface area contributed by atoms with E-state index in [9.17, 15) is 5.26 Å². The van der Waals surface area contributed by atoms with Crippen LogP contribution in [0.3, 0.4) is 0 Å². The highest BCUT2D eigenvalue weighted by Gasteiger charge is 2.24. The van der Waals surface area contributed by atoms with Crippen LogP contribution < -0.4 is 10.1 Å². The Hall–Kier alpha value is -3.54. The molecule has 1 aliphatic carbocycles. The molecule has 0 saturated carbocycles. The number of H-pyrrole nitrogens is 1. The van der Waals surface area contributed by atoms with E-state index in [1.165, 1.54) is 11.1 Å². The third-order valence-corrected chi connectivity index (χ3v) is 6.97. The molecule has 2 N–H and O–H groups in total. The highest BCUT2D eigenvalue weighted by molar-refractivity contribution is 7.17. The number of aromatic amines is 1. The zero-order chi connectivity index (χ0) is 23.5. The van der Waals surface area contributed by atoms with Crippen LogP contribution in [-0.4, -0.2) is 26.3 Å². The standard InChI is InChI=1S/C26H26N6OS/c1-16(2)33-24-10-9-17(11-18(24)12-27)25-31-32-26(34-25)22-7-3-6-21-20(22)5-4-8-23(21)29-14-19-13-28-15-30-19/h3,6-7,9-11,13,15-16,23,29H,4-5,8,14H2,1-2H3,(H,28,30)/t23-/m1/s1. The van der Waals surface area contributed by atoms with E-state index in [2.05, 4.69) is 49.8 Å². The van der Waals surface area contributed by atoms with Crippen molar-refractivity contribution in [1.82, 2.24) is 25.5 Å². The zero-order valence-corrected chi connectivity index (χ0v) is 20.0. The van der Waals surface area contributed by atoms with Crippen LogP contribution in [0.1, 0.15) is 55.1 Å². The second kappa shape index (κ2) is 9.75. The summed E-state index contributed by atoms with van der Waals surface area (Å²) >= 11 is 1.56. The van der Waals surface area contributed by atoms with Crippen LogP contribution in [0, 0.1) is 11.3 Å². The molecule has 34 heavy (non-hydrogen) atoms. The molecule has 4 aromatic rings. The van der Waals surface area contributed by atoms with E-state index in [1.807, 2.05) is 38.2 Å². The molecule has 0 bridgehead atoms. The van der Waals surface area contributed by atoms with Gasteiger partial charge in [0.15, 0.2) is 0 Å². The highest BCUT2D eigenvalue weighted by Crippen LogP contribution is 2.39. The predicted molar refractivity (Wildman–Crippen MR) is 132 cm³/mol. The summed E-state index contributed by atoms with van der Waals surface area (Å²) in [7, 11) is 0. The van der Waals surface area contributed by atoms with Crippen LogP contribution in [0.2, 0.25) is 0 Å². The number of nitrogens with one attached hydrogen (secondary N) is 2. The molecule has 0 unspecified atom stereocenters. The van der Waals surface area contributed by atoms with Crippen molar-refractivity contribution in [2.24, 2.45) is 0 Å². The predicted octanol–water partition coefficient (Wildman–Crippen LogP) is 5.42. The van der Waals surface area contributed by atoms with Crippen molar-refractivity contribution in [1.29, 1.82) is 5.26 Å². The van der Waals surface area contributed by atoms with Gasteiger partial charge in [0.2, 0.25) is 0 Å². The maximum Gasteiger partial charge on any atom is 0.148 e. The Bertz CT molecular complexity index is 1320. The Morgan fingerprint density at radius 1 is 1.24 bits per heavy atom. The summed E-state index contributed by atoms with van der Waals surface area (Å²) in [5, 5.41) is 23.9. The van der Waals surface area contributed by atoms with Gasteiger partial charge < -0.3 is 15.0 Å². The van der Waals surface area contributed by atoms with Crippen LogP contribution in [0.5, 0.6) is 5.75 Å². The molecule has 0 saturated heterocycles. The maximum absolute atomic E-state index is 9.57. The number of benzene rings is 2. The summed E-state index contributed by atoms with van der Waals surface area (Å²) in [6.45, 7) is 4.66. The van der Waals surface area contributed by atoms with Crippen molar-refractivity contribution in [3.05, 3.63) is 71.3 Å². The fourth-order valence-electron chi connectivity index (χ4n) is 4.43. The molecule has 2 heterocycles. The number of hydrogen-bond acceptors (Lipinski definition) is 7. The first-order valence-corrected chi connectivity index (χ1v) is 12.3. The maximum atomic E-state index is 9.57. The van der Waals surface area contributed by atoms with Gasteiger partial charge in [-0.05, 0) is 62.4 Å². The molecule has 5 rings (SSSR count). The van der Waals surface area contributed by atoms with Crippen molar-refractivity contribution in [2.45, 2.75) is 51.8 Å². The molecule has 0 spiro atoms. The van der Waals surface area contributed by atoms with Crippen LogP contribution >= 0.6 is 11.3 Å². The Kier molecular flexibility index (Phi) is 6.39. The highest BCUT2D eigenvalue weighted by atomic mass is 32.1. The fraction of sp³-hybridized carbons (Fsp3) is 0.308. The molecule has 0 radical (unpaired) electrons. The molecule has 1 aliphatic rings. The average molecular weight is 471 g/mol. The van der Waals surface area contributed by atoms with Crippen molar-refractivity contribution >= 4 is 11.3 Å². The summed E-state index contributed by atoms with van der Waals surface area (Å²) in [4.78, 5) is 7.26. The molecule has 2 aromatic heterocycles. The number of nitriles is 1. The monoisotopic (exact) mass is 470 g/mol. The lowest BCUT2D eigenvalue weighted by atomic mass is 9.85. The minimum Gasteiger partial charge on any atom is -0.490 e. The van der Waals surface area contributed by atoms with Crippen LogP contribution in [0.4, 0.5) is 0 Å². The molecule has 0 aliphatic heterocycles. The molecule has 8 heteroatoms. The molecule has 0 fully saturated rings. The topological polar surface area (TPSA) is 99.5 Å². The smallest absolute Gasteiger partial charge is 0.148 e. The molecule has 7 nitrogen and oxygen atoms in total. The summed E-state index contributed by atoms with van der Waals surface area (Å²) in [6, 6.07) is 14.6. The fourth-order valence-corrected chi connectivity index (χ4v) is 5.32. The Balaban J connectivity index is 1.42. The lowest BCUT2D eigenvalue weighted by Gasteiger charge is -2.27. The van der Waals surface area contributed by atoms with E-state index in [1.54, 1.807) is 17.7 Å². The third-order valence-electron chi connectivity index (χ3n) is 5.97. The van der Waals surface area contributed by atoms with Crippen molar-refractivity contribution in [3.63, 3.8) is 0 Å². The summed E-state index contributed by atoms with van der Waals surface area (Å²) in [6.07, 6.45) is 6.83. The summed E-state index contributed by atoms with van der Waals surface area (Å²) in [5.74, 6) is 0.594. The normalized spacial score (nSPS) is 15.2. The van der Waals surface area contributed by atoms with E-state index in [-0.39, 0.29) is 6.10 Å². The largest absolute Gasteiger partial charge is 0.490 e. The van der Waals surface area contributed by atoms with Crippen LogP contribution in [-0.2, 0) is 13.0 Å². The summed E-state index contributed by atoms with van der Waals surface area (Å²) < 4.78 is 5.75. The first-order chi connectivity index (χ1) is 16.6. The van der Waals surface area contributed by atoms with E-state index < -0.39 is 0 Å². The van der Waals surface area contributed by atoms with Gasteiger partial charge in [-0.15, -0.1) is 10.2 Å². The minimum absolute atomic E-state index is 0.00754. The molecule has 1 atom stereocenters. The number of ether oxygens (including phenoxy) is 1. The van der Waals surface area contributed by atoms with Gasteiger partial charge in [-0.1, -0.05) is 29.5 Å². The van der Waals surface area contributed by atoms with Crippen LogP contribution in [0.15, 0.2) is 48.9 Å². The lowest BCUT2D eigenvalue weighted by Crippen LogP contribution is -2.25. The van der Waals surface area contributed by atoms with E-state index in [0.717, 1.165) is 52.6 Å². The Labute approximate surface area is 202 Å². The zero-order valence-electron chi connectivity index (χ0n) is 19.2. The number of aromatic nitrogens is 4. The van der Waals surface area contributed by atoms with Gasteiger partial charge in [0.05, 0.1) is 18.0 Å². The number of nitrogens with zero attached hydrogens (tertiary/aromatic N) is 4. The van der Waals surface area contributed by atoms with Gasteiger partial charge in [-0.25, -0.2) is 4.98 Å². The molecule has 172 valence electrons. The first-order valence-electron chi connectivity index (χ1n) is 11.5. The van der Waals surface area contributed by atoms with E-state index >= 15 is 0 Å². The Morgan fingerprint density at radius 3 is 2.91 bits per heavy atom. The minimum atomic E-state index is 0.00754. The first kappa shape index (κ1) is 22.3. The number of hydrogen-bond donors (Lipinski definition) is 2. The average Bonchev–Trinajstić information content (AvgIpc) is 3.55. The second-order valence-electron chi connectivity index (χ2n) is 8.68. The van der Waals surface area contributed by atoms with Gasteiger partial charge >= 0.3 is 0 Å². The van der Waals surface area contributed by atoms with Gasteiger partial charge in [0.25, 0.3) is 0 Å². The van der Waals surface area contributed by atoms with Gasteiger partial charge in [0.1, 0.15) is 21.8 Å². The SMILES string of the molecule is CC(C)Oc1ccc(-c2nnc(-c3cccc4c3CCC[C@H]4NCc3cnc[nH]3)s2)cc1C#N. The van der Waals surface area contributed by atoms with Crippen molar-refractivity contribution < 1.29 is 4.74 Å². The third kappa shape index (κ3) is 4.58. The van der Waals surface area contributed by atoms with Gasteiger partial charge in [-0.3, -0.25) is 0 Å². The van der Waals surface area contributed by atoms with Gasteiger partial charge in [-0.2, -0.15) is 5.26 Å². The van der Waals surface area contributed by atoms with E-state index in [4.69, 9.17) is 4.74 Å². The lowest BCUT2D eigenvalue weighted by molar-refractivity contribution is 0.242. The molecular formula is C26H26N6OS. The molecule has 2 aromatic carbocycles. The van der Waals surface area contributed by atoms with Crippen LogP contribution in [0.25, 0.3) is 21.1 Å². The number of imidazole rings is 1. The molecular weight excluding hydrogens is 444 g/mol. The summed E-state index contributed by atoms with van der Waals surface area (Å²) in [5.41, 5.74) is 6.29. The van der Waals surface area contributed by atoms with Crippen molar-refractivity contribution in [2.75, 3.05) is 0 Å². The Morgan fingerprint density at radius 2 is 2.12 bits per heavy atom. The molecule has 0 amide bonds.